The predicted octanol–water partition coefficient (Wildman–Crippen LogP) is 3.20. The number of rotatable bonds is 3. The van der Waals surface area contributed by atoms with Crippen molar-refractivity contribution < 1.29 is 0 Å². The van der Waals surface area contributed by atoms with Gasteiger partial charge >= 0.3 is 0 Å². The fourth-order valence-corrected chi connectivity index (χ4v) is 3.34. The Bertz CT molecular complexity index is 552. The number of nitrogens with zero attached hydrogens (tertiary/aromatic N) is 2. The van der Waals surface area contributed by atoms with Crippen molar-refractivity contribution in [2.24, 2.45) is 0 Å². The molecule has 0 saturated carbocycles. The van der Waals surface area contributed by atoms with E-state index in [9.17, 15) is 0 Å². The zero-order valence-corrected chi connectivity index (χ0v) is 10.9. The molecular weight excluding hydrogens is 250 g/mol. The Morgan fingerprint density at radius 2 is 2.12 bits per heavy atom. The number of nitriles is 1. The lowest BCUT2D eigenvalue weighted by Crippen LogP contribution is -1.82. The van der Waals surface area contributed by atoms with Gasteiger partial charge in [0, 0.05) is 5.75 Å². The van der Waals surface area contributed by atoms with Crippen LogP contribution in [0.1, 0.15) is 16.8 Å². The molecule has 0 aliphatic heterocycles. The van der Waals surface area contributed by atoms with Gasteiger partial charge in [-0.05, 0) is 24.6 Å². The molecule has 0 radical (unpaired) electrons. The first-order valence-corrected chi connectivity index (χ1v) is 6.84. The van der Waals surface area contributed by atoms with E-state index < -0.39 is 0 Å². The third kappa shape index (κ3) is 2.99. The molecule has 0 saturated heterocycles. The molecule has 0 atom stereocenters. The van der Waals surface area contributed by atoms with Crippen LogP contribution < -0.4 is 5.73 Å². The van der Waals surface area contributed by atoms with Gasteiger partial charge in [-0.15, -0.1) is 11.8 Å². The van der Waals surface area contributed by atoms with E-state index in [1.807, 2.05) is 31.2 Å². The second-order valence-electron chi connectivity index (χ2n) is 3.52. The maximum Gasteiger partial charge on any atom is 0.181 e. The monoisotopic (exact) mass is 261 g/mol. The Balaban J connectivity index is 2.02. The number of thioether (sulfide) groups is 1. The lowest BCUT2D eigenvalue weighted by molar-refractivity contribution is 1.21. The number of benzene rings is 1. The minimum atomic E-state index is 0.616. The van der Waals surface area contributed by atoms with Crippen LogP contribution in [0.5, 0.6) is 0 Å². The van der Waals surface area contributed by atoms with E-state index in [4.69, 9.17) is 11.0 Å². The minimum absolute atomic E-state index is 0.616. The molecule has 2 aromatic rings. The summed E-state index contributed by atoms with van der Waals surface area (Å²) in [4.78, 5) is 4.18. The molecule has 5 heteroatoms. The quantitative estimate of drug-likeness (QED) is 0.862. The number of hydrogen-bond acceptors (Lipinski definition) is 5. The van der Waals surface area contributed by atoms with Crippen molar-refractivity contribution in [1.82, 2.24) is 4.98 Å². The summed E-state index contributed by atoms with van der Waals surface area (Å²) in [6.45, 7) is 1.97. The van der Waals surface area contributed by atoms with E-state index in [0.717, 1.165) is 15.7 Å². The van der Waals surface area contributed by atoms with Crippen molar-refractivity contribution in [2.75, 3.05) is 5.73 Å². The molecular formula is C12H11N3S2. The lowest BCUT2D eigenvalue weighted by Gasteiger charge is -2.00. The maximum atomic E-state index is 8.70. The second kappa shape index (κ2) is 5.21. The molecule has 1 heterocycles. The normalized spacial score (nSPS) is 10.1. The molecule has 0 bridgehead atoms. The van der Waals surface area contributed by atoms with Gasteiger partial charge < -0.3 is 5.73 Å². The van der Waals surface area contributed by atoms with Gasteiger partial charge in [-0.25, -0.2) is 4.98 Å². The van der Waals surface area contributed by atoms with E-state index in [2.05, 4.69) is 11.1 Å². The Morgan fingerprint density at radius 3 is 2.65 bits per heavy atom. The van der Waals surface area contributed by atoms with Crippen LogP contribution in [0.3, 0.4) is 0 Å². The maximum absolute atomic E-state index is 8.70. The smallest absolute Gasteiger partial charge is 0.181 e. The molecule has 86 valence electrons. The summed E-state index contributed by atoms with van der Waals surface area (Å²) >= 11 is 3.25. The standard InChI is InChI=1S/C12H11N3S2/c1-8-11(17-12(14)15-8)16-7-10-4-2-9(6-13)3-5-10/h2-5H,7H2,1H3,(H2,14,15). The molecule has 0 aliphatic carbocycles. The van der Waals surface area contributed by atoms with Crippen LogP contribution in [-0.4, -0.2) is 4.98 Å². The largest absolute Gasteiger partial charge is 0.375 e. The molecule has 17 heavy (non-hydrogen) atoms. The summed E-state index contributed by atoms with van der Waals surface area (Å²) in [7, 11) is 0. The van der Waals surface area contributed by atoms with E-state index in [0.29, 0.717) is 10.7 Å². The minimum Gasteiger partial charge on any atom is -0.375 e. The number of aromatic nitrogens is 1. The van der Waals surface area contributed by atoms with Crippen LogP contribution in [-0.2, 0) is 5.75 Å². The highest BCUT2D eigenvalue weighted by Crippen LogP contribution is 2.32. The average Bonchev–Trinajstić information content (AvgIpc) is 2.66. The van der Waals surface area contributed by atoms with Gasteiger partial charge in [0.25, 0.3) is 0 Å². The van der Waals surface area contributed by atoms with Crippen LogP contribution in [0.25, 0.3) is 0 Å². The van der Waals surface area contributed by atoms with Gasteiger partial charge in [0.1, 0.15) is 0 Å². The molecule has 3 nitrogen and oxygen atoms in total. The molecule has 2 rings (SSSR count). The Kier molecular flexibility index (Phi) is 3.67. The van der Waals surface area contributed by atoms with Crippen LogP contribution in [0.15, 0.2) is 28.5 Å². The number of hydrogen-bond donors (Lipinski definition) is 1. The van der Waals surface area contributed by atoms with Crippen LogP contribution in [0.2, 0.25) is 0 Å². The van der Waals surface area contributed by atoms with Crippen LogP contribution >= 0.6 is 23.1 Å². The van der Waals surface area contributed by atoms with Gasteiger partial charge in [0.05, 0.1) is 21.5 Å². The molecule has 0 fully saturated rings. The van der Waals surface area contributed by atoms with Gasteiger partial charge in [-0.1, -0.05) is 23.5 Å². The summed E-state index contributed by atoms with van der Waals surface area (Å²) < 4.78 is 1.16. The number of nitrogens with two attached hydrogens (primary N) is 1. The van der Waals surface area contributed by atoms with Crippen molar-refractivity contribution in [1.29, 1.82) is 5.26 Å². The molecule has 1 aromatic heterocycles. The first-order valence-electron chi connectivity index (χ1n) is 5.04. The van der Waals surface area contributed by atoms with Gasteiger partial charge in [0.15, 0.2) is 5.13 Å². The number of anilines is 1. The topological polar surface area (TPSA) is 62.7 Å². The highest BCUT2D eigenvalue weighted by atomic mass is 32.2. The molecule has 1 aromatic carbocycles. The summed E-state index contributed by atoms with van der Waals surface area (Å²) in [5.74, 6) is 0.869. The molecule has 0 spiro atoms. The van der Waals surface area contributed by atoms with Crippen molar-refractivity contribution in [3.63, 3.8) is 0 Å². The van der Waals surface area contributed by atoms with Gasteiger partial charge in [-0.3, -0.25) is 0 Å². The SMILES string of the molecule is Cc1nc(N)sc1SCc1ccc(C#N)cc1. The number of nitrogen functional groups attached to an aromatic ring is 1. The van der Waals surface area contributed by atoms with E-state index >= 15 is 0 Å². The molecule has 0 unspecified atom stereocenters. The number of aryl methyl sites for hydroxylation is 1. The molecule has 2 N–H and O–H groups in total. The van der Waals surface area contributed by atoms with E-state index in [1.165, 1.54) is 16.9 Å². The summed E-state index contributed by atoms with van der Waals surface area (Å²) in [6.07, 6.45) is 0. The summed E-state index contributed by atoms with van der Waals surface area (Å²) in [6, 6.07) is 9.74. The Labute approximate surface area is 108 Å². The number of thiazole rings is 1. The molecule has 0 aliphatic rings. The summed E-state index contributed by atoms with van der Waals surface area (Å²) in [5, 5.41) is 9.32. The van der Waals surface area contributed by atoms with Crippen molar-refractivity contribution >= 4 is 28.2 Å². The predicted molar refractivity (Wildman–Crippen MR) is 72.0 cm³/mol. The first kappa shape index (κ1) is 12.0. The fourth-order valence-electron chi connectivity index (χ4n) is 1.36. The van der Waals surface area contributed by atoms with E-state index in [1.54, 1.807) is 11.8 Å². The van der Waals surface area contributed by atoms with Crippen LogP contribution in [0.4, 0.5) is 5.13 Å². The summed E-state index contributed by atoms with van der Waals surface area (Å²) in [5.41, 5.74) is 8.52. The zero-order valence-electron chi connectivity index (χ0n) is 9.30. The van der Waals surface area contributed by atoms with E-state index in [-0.39, 0.29) is 0 Å². The fraction of sp³-hybridized carbons (Fsp3) is 0.167. The third-order valence-corrected chi connectivity index (χ3v) is 4.64. The first-order chi connectivity index (χ1) is 8.19. The highest BCUT2D eigenvalue weighted by Gasteiger charge is 2.06. The van der Waals surface area contributed by atoms with Gasteiger partial charge in [-0.2, -0.15) is 5.26 Å². The Hall–Kier alpha value is -1.51. The van der Waals surface area contributed by atoms with Crippen molar-refractivity contribution in [2.45, 2.75) is 16.9 Å². The zero-order chi connectivity index (χ0) is 12.3. The average molecular weight is 261 g/mol. The Morgan fingerprint density at radius 1 is 1.41 bits per heavy atom. The second-order valence-corrected chi connectivity index (χ2v) is 5.80. The highest BCUT2D eigenvalue weighted by molar-refractivity contribution is 8.00. The van der Waals surface area contributed by atoms with Crippen molar-refractivity contribution in [3.05, 3.63) is 41.1 Å². The van der Waals surface area contributed by atoms with Crippen LogP contribution in [0, 0.1) is 18.3 Å². The lowest BCUT2D eigenvalue weighted by atomic mass is 10.2. The van der Waals surface area contributed by atoms with Gasteiger partial charge in [0.2, 0.25) is 0 Å². The van der Waals surface area contributed by atoms with Crippen molar-refractivity contribution in [3.8, 4) is 6.07 Å². The molecule has 0 amide bonds. The third-order valence-electron chi connectivity index (χ3n) is 2.22.